The molecule has 0 aliphatic heterocycles. The third-order valence-corrected chi connectivity index (χ3v) is 3.92. The van der Waals surface area contributed by atoms with Crippen LogP contribution in [0.2, 0.25) is 0 Å². The zero-order chi connectivity index (χ0) is 17.9. The van der Waals surface area contributed by atoms with Gasteiger partial charge in [-0.1, -0.05) is 0 Å². The number of aliphatic hydroxyl groups excluding tert-OH is 1. The number of ketones is 1. The number of nitrogens with one attached hydrogen (secondary N) is 1. The molecule has 128 valence electrons. The van der Waals surface area contributed by atoms with E-state index in [1.165, 1.54) is 6.08 Å². The van der Waals surface area contributed by atoms with Gasteiger partial charge in [-0.2, -0.15) is 0 Å². The van der Waals surface area contributed by atoms with Gasteiger partial charge in [0, 0.05) is 23.9 Å². The lowest BCUT2D eigenvalue weighted by molar-refractivity contribution is -0.111. The van der Waals surface area contributed by atoms with Crippen molar-refractivity contribution in [2.75, 3.05) is 26.0 Å². The van der Waals surface area contributed by atoms with Crippen molar-refractivity contribution in [1.29, 1.82) is 0 Å². The second-order valence-electron chi connectivity index (χ2n) is 5.68. The van der Waals surface area contributed by atoms with Crippen LogP contribution in [0.1, 0.15) is 18.1 Å². The molecule has 24 heavy (non-hydrogen) atoms. The number of anilines is 1. The summed E-state index contributed by atoms with van der Waals surface area (Å²) < 4.78 is 5.46. The van der Waals surface area contributed by atoms with Gasteiger partial charge in [0.2, 0.25) is 0 Å². The van der Waals surface area contributed by atoms with Crippen LogP contribution in [-0.2, 0) is 4.79 Å². The van der Waals surface area contributed by atoms with Crippen molar-refractivity contribution in [3.05, 3.63) is 40.6 Å². The predicted octanol–water partition coefficient (Wildman–Crippen LogP) is 1.96. The molecule has 0 heterocycles. The maximum absolute atomic E-state index is 11.9. The number of benzene rings is 1. The Morgan fingerprint density at radius 2 is 2.00 bits per heavy atom. The zero-order valence-electron chi connectivity index (χ0n) is 14.4. The lowest BCUT2D eigenvalue weighted by atomic mass is 10.0. The van der Waals surface area contributed by atoms with Crippen molar-refractivity contribution in [2.24, 2.45) is 4.99 Å². The van der Waals surface area contributed by atoms with Crippen LogP contribution in [0.4, 0.5) is 11.4 Å². The average molecular weight is 329 g/mol. The van der Waals surface area contributed by atoms with Crippen LogP contribution in [0, 0.1) is 13.8 Å². The highest BCUT2D eigenvalue weighted by Gasteiger charge is 2.18. The van der Waals surface area contributed by atoms with Crippen LogP contribution >= 0.6 is 0 Å². The Hall–Kier alpha value is -2.60. The van der Waals surface area contributed by atoms with E-state index in [9.17, 15) is 4.79 Å². The molecule has 1 aliphatic carbocycles. The number of rotatable bonds is 5. The van der Waals surface area contributed by atoms with Crippen LogP contribution in [0.5, 0.6) is 5.75 Å². The first-order valence-electron chi connectivity index (χ1n) is 7.70. The highest BCUT2D eigenvalue weighted by atomic mass is 16.5. The molecule has 4 N–H and O–H groups in total. The van der Waals surface area contributed by atoms with Crippen molar-refractivity contribution in [2.45, 2.75) is 20.8 Å². The minimum atomic E-state index is -0.0778. The summed E-state index contributed by atoms with van der Waals surface area (Å²) in [4.78, 5) is 16.6. The molecule has 0 spiro atoms. The number of nitrogens with two attached hydrogens (primary N) is 1. The molecule has 0 aromatic heterocycles. The number of methoxy groups -OCH3 is 1. The van der Waals surface area contributed by atoms with E-state index in [-0.39, 0.29) is 12.4 Å². The molecule has 0 fully saturated rings. The third kappa shape index (κ3) is 3.49. The number of nitrogens with zero attached hydrogens (tertiary/aromatic N) is 1. The van der Waals surface area contributed by atoms with Gasteiger partial charge in [0.25, 0.3) is 0 Å². The Bertz CT molecular complexity index is 761. The van der Waals surface area contributed by atoms with Crippen LogP contribution in [0.3, 0.4) is 0 Å². The third-order valence-electron chi connectivity index (χ3n) is 3.92. The van der Waals surface area contributed by atoms with Crippen LogP contribution < -0.4 is 15.8 Å². The number of carbonyl (C=O) groups is 1. The first-order chi connectivity index (χ1) is 11.4. The minimum Gasteiger partial charge on any atom is -0.494 e. The maximum Gasteiger partial charge on any atom is 0.183 e. The summed E-state index contributed by atoms with van der Waals surface area (Å²) in [5.74, 6) is 0.529. The van der Waals surface area contributed by atoms with Crippen molar-refractivity contribution >= 4 is 22.9 Å². The molecule has 1 aromatic rings. The van der Waals surface area contributed by atoms with Crippen molar-refractivity contribution < 1.29 is 14.6 Å². The second-order valence-corrected chi connectivity index (χ2v) is 5.68. The van der Waals surface area contributed by atoms with Gasteiger partial charge in [-0.05, 0) is 44.1 Å². The molecular weight excluding hydrogens is 306 g/mol. The van der Waals surface area contributed by atoms with Gasteiger partial charge < -0.3 is 20.9 Å². The average Bonchev–Trinajstić information content (AvgIpc) is 2.55. The molecule has 2 rings (SSSR count). The fourth-order valence-corrected chi connectivity index (χ4v) is 2.53. The summed E-state index contributed by atoms with van der Waals surface area (Å²) in [6.45, 7) is 5.84. The number of ether oxygens (including phenoxy) is 1. The number of aryl methyl sites for hydroxylation is 1. The normalized spacial score (nSPS) is 16.0. The summed E-state index contributed by atoms with van der Waals surface area (Å²) in [5.41, 5.74) is 10.9. The summed E-state index contributed by atoms with van der Waals surface area (Å²) in [5, 5.41) is 12.0. The molecule has 6 heteroatoms. The second kappa shape index (κ2) is 7.31. The molecule has 1 aliphatic rings. The number of hydrogen-bond acceptors (Lipinski definition) is 6. The fraction of sp³-hybridized carbons (Fsp3) is 0.333. The standard InChI is InChI=1S/C18H23N3O3/c1-10-7-14(13(9-16(10)23)20-5-6-22)21-15-8-11(2)17(19)12(3)18(15)24-4/h7-9,20,22H,5-6,19H2,1-4H3. The number of allylic oxidation sites excluding steroid dienone is 3. The van der Waals surface area contributed by atoms with Gasteiger partial charge in [0.1, 0.15) is 11.4 Å². The maximum atomic E-state index is 11.9. The monoisotopic (exact) mass is 329 g/mol. The summed E-state index contributed by atoms with van der Waals surface area (Å²) in [7, 11) is 1.58. The molecule has 6 nitrogen and oxygen atoms in total. The molecule has 0 atom stereocenters. The van der Waals surface area contributed by atoms with E-state index in [1.807, 2.05) is 19.9 Å². The Morgan fingerprint density at radius 3 is 2.62 bits per heavy atom. The molecule has 0 saturated heterocycles. The molecule has 0 amide bonds. The number of nitrogen functional groups attached to an aromatic ring is 1. The fourth-order valence-electron chi connectivity index (χ4n) is 2.53. The number of aliphatic imine (C=N–C) groups is 1. The van der Waals surface area contributed by atoms with E-state index in [1.54, 1.807) is 20.1 Å². The minimum absolute atomic E-state index is 0.0368. The van der Waals surface area contributed by atoms with Gasteiger partial charge in [0.05, 0.1) is 25.1 Å². The van der Waals surface area contributed by atoms with Crippen molar-refractivity contribution in [3.63, 3.8) is 0 Å². The largest absolute Gasteiger partial charge is 0.494 e. The van der Waals surface area contributed by atoms with Gasteiger partial charge in [-0.25, -0.2) is 4.99 Å². The Labute approximate surface area is 141 Å². The van der Waals surface area contributed by atoms with Gasteiger partial charge in [-0.3, -0.25) is 4.79 Å². The molecule has 0 radical (unpaired) electrons. The van der Waals surface area contributed by atoms with Gasteiger partial charge in [-0.15, -0.1) is 0 Å². The van der Waals surface area contributed by atoms with Crippen LogP contribution in [-0.4, -0.2) is 36.9 Å². The molecule has 0 saturated carbocycles. The molecule has 0 bridgehead atoms. The topological polar surface area (TPSA) is 96.9 Å². The quantitative estimate of drug-likeness (QED) is 0.567. The van der Waals surface area contributed by atoms with E-state index in [4.69, 9.17) is 15.6 Å². The summed E-state index contributed by atoms with van der Waals surface area (Å²) in [6.07, 6.45) is 3.22. The number of aliphatic hydroxyl groups is 1. The zero-order valence-corrected chi connectivity index (χ0v) is 14.4. The predicted molar refractivity (Wildman–Crippen MR) is 95.9 cm³/mol. The highest BCUT2D eigenvalue weighted by molar-refractivity contribution is 6.22. The SMILES string of the molecule is COc1c(N=C2C=C(C)C(=O)C=C2NCCO)cc(C)c(N)c1C. The van der Waals surface area contributed by atoms with E-state index in [2.05, 4.69) is 10.3 Å². The first-order valence-corrected chi connectivity index (χ1v) is 7.70. The molecule has 0 unspecified atom stereocenters. The van der Waals surface area contributed by atoms with E-state index < -0.39 is 0 Å². The van der Waals surface area contributed by atoms with Crippen molar-refractivity contribution in [1.82, 2.24) is 5.32 Å². The smallest absolute Gasteiger partial charge is 0.183 e. The Kier molecular flexibility index (Phi) is 5.41. The van der Waals surface area contributed by atoms with Crippen LogP contribution in [0.25, 0.3) is 0 Å². The first kappa shape index (κ1) is 17.7. The van der Waals surface area contributed by atoms with Gasteiger partial charge >= 0.3 is 0 Å². The molecule has 1 aromatic carbocycles. The Morgan fingerprint density at radius 1 is 1.29 bits per heavy atom. The van der Waals surface area contributed by atoms with Crippen LogP contribution in [0.15, 0.2) is 34.5 Å². The van der Waals surface area contributed by atoms with E-state index >= 15 is 0 Å². The highest BCUT2D eigenvalue weighted by Crippen LogP contribution is 2.37. The van der Waals surface area contributed by atoms with Gasteiger partial charge in [0.15, 0.2) is 5.78 Å². The van der Waals surface area contributed by atoms with E-state index in [0.29, 0.717) is 40.7 Å². The van der Waals surface area contributed by atoms with E-state index in [0.717, 1.165) is 11.1 Å². The lowest BCUT2D eigenvalue weighted by Gasteiger charge is -2.17. The number of hydrogen-bond donors (Lipinski definition) is 3. The number of carbonyl (C=O) groups excluding carboxylic acids is 1. The Balaban J connectivity index is 2.55. The molecular formula is C18H23N3O3. The summed E-state index contributed by atoms with van der Waals surface area (Å²) >= 11 is 0. The van der Waals surface area contributed by atoms with Crippen molar-refractivity contribution in [3.8, 4) is 5.75 Å². The summed E-state index contributed by atoms with van der Waals surface area (Å²) in [6, 6.07) is 1.86. The lowest BCUT2D eigenvalue weighted by Crippen LogP contribution is -2.26.